The summed E-state index contributed by atoms with van der Waals surface area (Å²) in [6.07, 6.45) is 8.11. The van der Waals surface area contributed by atoms with Gasteiger partial charge in [0.2, 0.25) is 5.91 Å². The van der Waals surface area contributed by atoms with E-state index in [0.717, 1.165) is 63.1 Å². The van der Waals surface area contributed by atoms with Crippen molar-refractivity contribution in [2.24, 2.45) is 5.92 Å². The SMILES string of the molecule is O=C(CN1CCCN(CC2CCCCC2)CC1)Nc1cccc(C(=O)N2CCSCC2)c1. The first-order valence-electron chi connectivity index (χ1n) is 12.4. The van der Waals surface area contributed by atoms with Crippen molar-refractivity contribution in [2.75, 3.05) is 69.2 Å². The van der Waals surface area contributed by atoms with E-state index in [1.807, 2.05) is 40.9 Å². The van der Waals surface area contributed by atoms with Crippen molar-refractivity contribution in [1.82, 2.24) is 14.7 Å². The number of rotatable bonds is 6. The molecule has 1 saturated carbocycles. The standard InChI is InChI=1S/C25H38N4O2S/c30-24(20-28-11-5-10-27(12-13-28)19-21-6-2-1-3-7-21)26-23-9-4-8-22(18-23)25(31)29-14-16-32-17-15-29/h4,8-9,18,21H,1-3,5-7,10-17,19-20H2,(H,26,30). The van der Waals surface area contributed by atoms with Gasteiger partial charge in [-0.15, -0.1) is 0 Å². The van der Waals surface area contributed by atoms with Gasteiger partial charge in [0.1, 0.15) is 0 Å². The monoisotopic (exact) mass is 458 g/mol. The Morgan fingerprint density at radius 3 is 2.47 bits per heavy atom. The number of nitrogens with one attached hydrogen (secondary N) is 1. The lowest BCUT2D eigenvalue weighted by atomic mass is 9.89. The average molecular weight is 459 g/mol. The number of hydrogen-bond donors (Lipinski definition) is 1. The Hall–Kier alpha value is -1.57. The van der Waals surface area contributed by atoms with E-state index in [2.05, 4.69) is 15.1 Å². The maximum absolute atomic E-state index is 12.8. The number of hydrogen-bond acceptors (Lipinski definition) is 5. The highest BCUT2D eigenvalue weighted by molar-refractivity contribution is 7.99. The number of nitrogens with zero attached hydrogens (tertiary/aromatic N) is 3. The second-order valence-electron chi connectivity index (χ2n) is 9.47. The summed E-state index contributed by atoms with van der Waals surface area (Å²) >= 11 is 1.89. The highest BCUT2D eigenvalue weighted by atomic mass is 32.2. The minimum atomic E-state index is 0.00435. The second-order valence-corrected chi connectivity index (χ2v) is 10.7. The van der Waals surface area contributed by atoms with E-state index in [-0.39, 0.29) is 11.8 Å². The van der Waals surface area contributed by atoms with E-state index in [0.29, 0.717) is 17.8 Å². The Labute approximate surface area is 197 Å². The van der Waals surface area contributed by atoms with Crippen LogP contribution in [0.5, 0.6) is 0 Å². The fourth-order valence-electron chi connectivity index (χ4n) is 5.18. The van der Waals surface area contributed by atoms with Crippen molar-refractivity contribution >= 4 is 29.3 Å². The molecule has 1 aromatic rings. The smallest absolute Gasteiger partial charge is 0.253 e. The molecule has 176 valence electrons. The van der Waals surface area contributed by atoms with Crippen molar-refractivity contribution < 1.29 is 9.59 Å². The molecule has 0 aromatic heterocycles. The van der Waals surface area contributed by atoms with Gasteiger partial charge in [0, 0.05) is 55.5 Å². The van der Waals surface area contributed by atoms with E-state index in [4.69, 9.17) is 0 Å². The van der Waals surface area contributed by atoms with Gasteiger partial charge in [-0.1, -0.05) is 25.3 Å². The van der Waals surface area contributed by atoms with Gasteiger partial charge >= 0.3 is 0 Å². The molecule has 2 heterocycles. The minimum Gasteiger partial charge on any atom is -0.337 e. The Kier molecular flexibility index (Phi) is 8.88. The van der Waals surface area contributed by atoms with Crippen molar-refractivity contribution in [1.29, 1.82) is 0 Å². The molecular formula is C25H38N4O2S. The number of amides is 2. The van der Waals surface area contributed by atoms with Crippen LogP contribution in [0, 0.1) is 5.92 Å². The fourth-order valence-corrected chi connectivity index (χ4v) is 6.09. The fraction of sp³-hybridized carbons (Fsp3) is 0.680. The number of carbonyl (C=O) groups is 2. The summed E-state index contributed by atoms with van der Waals surface area (Å²) in [6, 6.07) is 7.39. The average Bonchev–Trinajstić information content (AvgIpc) is 3.05. The van der Waals surface area contributed by atoms with Crippen LogP contribution in [0.4, 0.5) is 5.69 Å². The number of thioether (sulfide) groups is 1. The maximum atomic E-state index is 12.8. The van der Waals surface area contributed by atoms with Gasteiger partial charge in [-0.3, -0.25) is 14.5 Å². The normalized spacial score (nSPS) is 21.8. The van der Waals surface area contributed by atoms with Crippen LogP contribution in [0.25, 0.3) is 0 Å². The van der Waals surface area contributed by atoms with E-state index in [1.54, 1.807) is 0 Å². The van der Waals surface area contributed by atoms with Gasteiger partial charge < -0.3 is 15.1 Å². The first-order valence-corrected chi connectivity index (χ1v) is 13.5. The van der Waals surface area contributed by atoms with Crippen molar-refractivity contribution in [3.05, 3.63) is 29.8 Å². The molecule has 2 aliphatic heterocycles. The highest BCUT2D eigenvalue weighted by Crippen LogP contribution is 2.24. The summed E-state index contributed by atoms with van der Waals surface area (Å²) in [5, 5.41) is 3.02. The topological polar surface area (TPSA) is 55.9 Å². The molecule has 1 aliphatic carbocycles. The van der Waals surface area contributed by atoms with Gasteiger partial charge in [-0.25, -0.2) is 0 Å². The molecule has 1 N–H and O–H groups in total. The lowest BCUT2D eigenvalue weighted by molar-refractivity contribution is -0.117. The molecule has 3 fully saturated rings. The molecule has 4 rings (SSSR count). The van der Waals surface area contributed by atoms with Crippen molar-refractivity contribution in [2.45, 2.75) is 38.5 Å². The number of benzene rings is 1. The van der Waals surface area contributed by atoms with Gasteiger partial charge in [0.25, 0.3) is 5.91 Å². The van der Waals surface area contributed by atoms with Gasteiger partial charge in [-0.2, -0.15) is 11.8 Å². The quantitative estimate of drug-likeness (QED) is 0.708. The van der Waals surface area contributed by atoms with Gasteiger partial charge in [0.15, 0.2) is 0 Å². The molecule has 0 spiro atoms. The van der Waals surface area contributed by atoms with E-state index in [1.165, 1.54) is 38.6 Å². The van der Waals surface area contributed by atoms with Crippen LogP contribution in [-0.2, 0) is 4.79 Å². The zero-order valence-electron chi connectivity index (χ0n) is 19.3. The zero-order chi connectivity index (χ0) is 22.2. The number of carbonyl (C=O) groups excluding carboxylic acids is 2. The molecule has 0 unspecified atom stereocenters. The van der Waals surface area contributed by atoms with E-state index in [9.17, 15) is 9.59 Å². The summed E-state index contributed by atoms with van der Waals surface area (Å²) in [7, 11) is 0. The first-order chi connectivity index (χ1) is 15.7. The maximum Gasteiger partial charge on any atom is 0.253 e. The van der Waals surface area contributed by atoms with Crippen LogP contribution in [-0.4, -0.2) is 90.4 Å². The summed E-state index contributed by atoms with van der Waals surface area (Å²) in [5.74, 6) is 2.93. The summed E-state index contributed by atoms with van der Waals surface area (Å²) in [4.78, 5) is 32.3. The highest BCUT2D eigenvalue weighted by Gasteiger charge is 2.22. The van der Waals surface area contributed by atoms with Crippen LogP contribution in [0.15, 0.2) is 24.3 Å². The molecule has 32 heavy (non-hydrogen) atoms. The predicted octanol–water partition coefficient (Wildman–Crippen LogP) is 3.40. The Morgan fingerprint density at radius 1 is 0.906 bits per heavy atom. The molecule has 0 atom stereocenters. The van der Waals surface area contributed by atoms with Crippen LogP contribution in [0.3, 0.4) is 0 Å². The molecule has 3 aliphatic rings. The zero-order valence-corrected chi connectivity index (χ0v) is 20.1. The second kappa shape index (κ2) is 12.1. The summed E-state index contributed by atoms with van der Waals surface area (Å²) < 4.78 is 0. The Balaban J connectivity index is 1.24. The van der Waals surface area contributed by atoms with E-state index >= 15 is 0 Å². The molecule has 7 heteroatoms. The van der Waals surface area contributed by atoms with Crippen molar-refractivity contribution in [3.8, 4) is 0 Å². The van der Waals surface area contributed by atoms with Gasteiger partial charge in [-0.05, 0) is 56.5 Å². The number of anilines is 1. The van der Waals surface area contributed by atoms with Crippen molar-refractivity contribution in [3.63, 3.8) is 0 Å². The molecule has 0 bridgehead atoms. The predicted molar refractivity (Wildman–Crippen MR) is 132 cm³/mol. The van der Waals surface area contributed by atoms with Crippen LogP contribution >= 0.6 is 11.8 Å². The first kappa shape index (κ1) is 23.6. The van der Waals surface area contributed by atoms with Gasteiger partial charge in [0.05, 0.1) is 6.54 Å². The Bertz CT molecular complexity index is 762. The minimum absolute atomic E-state index is 0.00435. The Morgan fingerprint density at radius 2 is 1.66 bits per heavy atom. The third kappa shape index (κ3) is 6.96. The largest absolute Gasteiger partial charge is 0.337 e. The lowest BCUT2D eigenvalue weighted by Gasteiger charge is -2.28. The molecule has 0 radical (unpaired) electrons. The third-order valence-electron chi connectivity index (χ3n) is 6.98. The molecule has 2 saturated heterocycles. The molecular weight excluding hydrogens is 420 g/mol. The molecule has 1 aromatic carbocycles. The van der Waals surface area contributed by atoms with Crippen LogP contribution in [0.1, 0.15) is 48.9 Å². The molecule has 2 amide bonds. The molecule has 6 nitrogen and oxygen atoms in total. The van der Waals surface area contributed by atoms with Crippen LogP contribution in [0.2, 0.25) is 0 Å². The van der Waals surface area contributed by atoms with Crippen LogP contribution < -0.4 is 5.32 Å². The van der Waals surface area contributed by atoms with E-state index < -0.39 is 0 Å². The summed E-state index contributed by atoms with van der Waals surface area (Å²) in [5.41, 5.74) is 1.36. The lowest BCUT2D eigenvalue weighted by Crippen LogP contribution is -2.38. The third-order valence-corrected chi connectivity index (χ3v) is 7.92. The summed E-state index contributed by atoms with van der Waals surface area (Å²) in [6.45, 7) is 7.37.